The highest BCUT2D eigenvalue weighted by molar-refractivity contribution is 6.31. The molecule has 1 saturated heterocycles. The number of alkyl halides is 3. The van der Waals surface area contributed by atoms with Gasteiger partial charge in [0.25, 0.3) is 5.56 Å². The molecule has 4 aromatic rings. The zero-order chi connectivity index (χ0) is 27.0. The Morgan fingerprint density at radius 3 is 2.74 bits per heavy atom. The van der Waals surface area contributed by atoms with Crippen molar-refractivity contribution in [2.75, 3.05) is 19.7 Å². The zero-order valence-corrected chi connectivity index (χ0v) is 22.3. The van der Waals surface area contributed by atoms with Gasteiger partial charge in [0, 0.05) is 48.6 Å². The standard InChI is InChI=1S/C25H24ClF3N6O3.ClH/c1-15-6-17(26)8-20(19(15)9-18-10-30-3-5-38-18)23-21-7-16(12-35(21)32-14-31-23)11-34-22(36)2-4-33(24(34)37)13-25(27,28)29;/h2,4,6-8,12,14,18,30H,3,5,9-11,13H2,1H3;1H. The molecule has 0 saturated carbocycles. The molecule has 0 radical (unpaired) electrons. The van der Waals surface area contributed by atoms with Crippen LogP contribution in [0.1, 0.15) is 16.7 Å². The van der Waals surface area contributed by atoms with E-state index in [0.29, 0.717) is 45.9 Å². The smallest absolute Gasteiger partial charge is 0.375 e. The van der Waals surface area contributed by atoms with Crippen molar-refractivity contribution in [3.63, 3.8) is 0 Å². The highest BCUT2D eigenvalue weighted by Crippen LogP contribution is 2.33. The fourth-order valence-corrected chi connectivity index (χ4v) is 4.98. The molecule has 9 nitrogen and oxygen atoms in total. The van der Waals surface area contributed by atoms with Gasteiger partial charge in [-0.3, -0.25) is 13.9 Å². The van der Waals surface area contributed by atoms with E-state index in [1.165, 1.54) is 6.33 Å². The molecule has 1 fully saturated rings. The third kappa shape index (κ3) is 6.35. The molecule has 1 aliphatic rings. The first kappa shape index (κ1) is 28.8. The number of hydrogen-bond acceptors (Lipinski definition) is 6. The number of fused-ring (bicyclic) bond motifs is 1. The molecule has 5 rings (SSSR count). The van der Waals surface area contributed by atoms with E-state index in [1.54, 1.807) is 16.8 Å². The molecule has 0 amide bonds. The Balaban J connectivity index is 0.00000353. The van der Waals surface area contributed by atoms with Crippen LogP contribution in [0.3, 0.4) is 0 Å². The summed E-state index contributed by atoms with van der Waals surface area (Å²) in [6.45, 7) is 2.38. The van der Waals surface area contributed by atoms with Gasteiger partial charge in [0.05, 0.1) is 30.5 Å². The Kier molecular flexibility index (Phi) is 8.50. The van der Waals surface area contributed by atoms with Crippen molar-refractivity contribution < 1.29 is 17.9 Å². The van der Waals surface area contributed by atoms with E-state index in [-0.39, 0.29) is 25.1 Å². The van der Waals surface area contributed by atoms with E-state index in [2.05, 4.69) is 15.4 Å². The van der Waals surface area contributed by atoms with Crippen LogP contribution in [0.15, 0.2) is 52.6 Å². The minimum Gasteiger partial charge on any atom is -0.375 e. The summed E-state index contributed by atoms with van der Waals surface area (Å²) in [5, 5.41) is 8.11. The molecular weight excluding hydrogens is 560 g/mol. The van der Waals surface area contributed by atoms with Gasteiger partial charge in [-0.15, -0.1) is 12.4 Å². The number of ether oxygens (including phenoxy) is 1. The molecule has 1 aliphatic heterocycles. The molecule has 0 spiro atoms. The van der Waals surface area contributed by atoms with Crippen LogP contribution in [0.25, 0.3) is 16.8 Å². The number of nitrogens with zero attached hydrogens (tertiary/aromatic N) is 5. The quantitative estimate of drug-likeness (QED) is 0.374. The van der Waals surface area contributed by atoms with Gasteiger partial charge < -0.3 is 10.1 Å². The Bertz CT molecular complexity index is 1610. The van der Waals surface area contributed by atoms with Crippen LogP contribution >= 0.6 is 24.0 Å². The van der Waals surface area contributed by atoms with E-state index in [9.17, 15) is 22.8 Å². The lowest BCUT2D eigenvalue weighted by Gasteiger charge is -2.25. The summed E-state index contributed by atoms with van der Waals surface area (Å²) >= 11 is 6.42. The first-order valence-electron chi connectivity index (χ1n) is 11.9. The number of halogens is 5. The molecule has 4 heterocycles. The van der Waals surface area contributed by atoms with Gasteiger partial charge in [-0.25, -0.2) is 14.3 Å². The van der Waals surface area contributed by atoms with Crippen LogP contribution in [-0.4, -0.2) is 55.7 Å². The summed E-state index contributed by atoms with van der Waals surface area (Å²) in [7, 11) is 0. The molecule has 0 aliphatic carbocycles. The van der Waals surface area contributed by atoms with E-state index in [4.69, 9.17) is 16.3 Å². The van der Waals surface area contributed by atoms with Gasteiger partial charge in [-0.2, -0.15) is 18.3 Å². The van der Waals surface area contributed by atoms with Crippen molar-refractivity contribution in [1.82, 2.24) is 29.0 Å². The average Bonchev–Trinajstić information content (AvgIpc) is 3.28. The third-order valence-corrected chi connectivity index (χ3v) is 6.64. The predicted molar refractivity (Wildman–Crippen MR) is 142 cm³/mol. The van der Waals surface area contributed by atoms with Crippen molar-refractivity contribution in [1.29, 1.82) is 0 Å². The second-order valence-corrected chi connectivity index (χ2v) is 9.64. The molecule has 208 valence electrons. The summed E-state index contributed by atoms with van der Waals surface area (Å²) < 4.78 is 47.3. The number of benzene rings is 1. The molecule has 39 heavy (non-hydrogen) atoms. The number of hydrogen-bond donors (Lipinski definition) is 1. The molecule has 14 heteroatoms. The van der Waals surface area contributed by atoms with E-state index in [1.807, 2.05) is 19.1 Å². The van der Waals surface area contributed by atoms with Crippen molar-refractivity contribution >= 4 is 29.5 Å². The number of aryl methyl sites for hydroxylation is 1. The molecule has 1 unspecified atom stereocenters. The topological polar surface area (TPSA) is 95.5 Å². The van der Waals surface area contributed by atoms with Crippen molar-refractivity contribution in [2.45, 2.75) is 38.7 Å². The monoisotopic (exact) mass is 584 g/mol. The summed E-state index contributed by atoms with van der Waals surface area (Å²) in [6, 6.07) is 6.36. The van der Waals surface area contributed by atoms with Gasteiger partial charge in [-0.1, -0.05) is 11.6 Å². The summed E-state index contributed by atoms with van der Waals surface area (Å²) in [6.07, 6.45) is -0.149. The Labute approximate surface area is 231 Å². The fraction of sp³-hybridized carbons (Fsp3) is 0.360. The number of aromatic nitrogens is 5. The van der Waals surface area contributed by atoms with Gasteiger partial charge in [-0.05, 0) is 41.8 Å². The van der Waals surface area contributed by atoms with Crippen molar-refractivity contribution in [3.05, 3.63) is 85.5 Å². The van der Waals surface area contributed by atoms with E-state index >= 15 is 0 Å². The predicted octanol–water partition coefficient (Wildman–Crippen LogP) is 3.24. The SMILES string of the molecule is Cc1cc(Cl)cc(-c2ncnn3cc(Cn4c(=O)ccn(CC(F)(F)F)c4=O)cc23)c1CC1CNCCO1.Cl. The highest BCUT2D eigenvalue weighted by Gasteiger charge is 2.29. The van der Waals surface area contributed by atoms with Gasteiger partial charge in [0.15, 0.2) is 0 Å². The lowest BCUT2D eigenvalue weighted by Crippen LogP contribution is -2.41. The zero-order valence-electron chi connectivity index (χ0n) is 20.7. The van der Waals surface area contributed by atoms with Crippen LogP contribution in [0.4, 0.5) is 13.2 Å². The van der Waals surface area contributed by atoms with Crippen LogP contribution in [0.2, 0.25) is 5.02 Å². The van der Waals surface area contributed by atoms with Crippen LogP contribution < -0.4 is 16.6 Å². The molecule has 3 aromatic heterocycles. The number of morpholine rings is 1. The lowest BCUT2D eigenvalue weighted by molar-refractivity contribution is -0.141. The lowest BCUT2D eigenvalue weighted by atomic mass is 9.94. The first-order chi connectivity index (χ1) is 18.1. The fourth-order valence-electron chi connectivity index (χ4n) is 4.71. The van der Waals surface area contributed by atoms with E-state index < -0.39 is 24.0 Å². The molecule has 1 aromatic carbocycles. The van der Waals surface area contributed by atoms with Gasteiger partial charge in [0.2, 0.25) is 0 Å². The maximum atomic E-state index is 12.9. The van der Waals surface area contributed by atoms with Crippen molar-refractivity contribution in [3.8, 4) is 11.3 Å². The maximum Gasteiger partial charge on any atom is 0.406 e. The third-order valence-electron chi connectivity index (χ3n) is 6.42. The molecule has 1 N–H and O–H groups in total. The van der Waals surface area contributed by atoms with E-state index in [0.717, 1.165) is 40.1 Å². The molecule has 0 bridgehead atoms. The first-order valence-corrected chi connectivity index (χ1v) is 12.3. The second-order valence-electron chi connectivity index (χ2n) is 9.20. The maximum absolute atomic E-state index is 12.9. The van der Waals surface area contributed by atoms with Crippen LogP contribution in [0.5, 0.6) is 0 Å². The van der Waals surface area contributed by atoms with Crippen LogP contribution in [-0.2, 0) is 24.2 Å². The Morgan fingerprint density at radius 1 is 1.23 bits per heavy atom. The minimum atomic E-state index is -4.60. The molecule has 1 atom stereocenters. The van der Waals surface area contributed by atoms with Crippen LogP contribution in [0, 0.1) is 6.92 Å². The molecular formula is C25H25Cl2F3N6O3. The summed E-state index contributed by atoms with van der Waals surface area (Å²) in [5.74, 6) is 0. The van der Waals surface area contributed by atoms with Gasteiger partial charge in [0.1, 0.15) is 12.9 Å². The summed E-state index contributed by atoms with van der Waals surface area (Å²) in [5.41, 5.74) is 2.71. The highest BCUT2D eigenvalue weighted by atomic mass is 35.5. The number of rotatable bonds is 6. The Hall–Kier alpha value is -3.19. The number of nitrogens with one attached hydrogen (secondary N) is 1. The Morgan fingerprint density at radius 2 is 2.03 bits per heavy atom. The normalized spacial score (nSPS) is 15.9. The van der Waals surface area contributed by atoms with Gasteiger partial charge >= 0.3 is 11.9 Å². The average molecular weight is 585 g/mol. The second kappa shape index (κ2) is 11.5. The minimum absolute atomic E-state index is 0. The van der Waals surface area contributed by atoms with Crippen molar-refractivity contribution in [2.24, 2.45) is 0 Å². The largest absolute Gasteiger partial charge is 0.406 e. The summed E-state index contributed by atoms with van der Waals surface area (Å²) in [4.78, 5) is 29.5.